The number of carbonyl (C=O) groups excluding carboxylic acids is 2. The van der Waals surface area contributed by atoms with Gasteiger partial charge in [-0.2, -0.15) is 0 Å². The smallest absolute Gasteiger partial charge is 0.306 e. The van der Waals surface area contributed by atoms with E-state index in [1.165, 1.54) is 0 Å². The minimum atomic E-state index is -0.404. The molecule has 3 aromatic rings. The predicted octanol–water partition coefficient (Wildman–Crippen LogP) is 3.96. The first-order valence-corrected chi connectivity index (χ1v) is 8.72. The van der Waals surface area contributed by atoms with Gasteiger partial charge in [0.15, 0.2) is 6.61 Å². The summed E-state index contributed by atoms with van der Waals surface area (Å²) < 4.78 is 10.2. The highest BCUT2D eigenvalue weighted by atomic mass is 16.5. The summed E-state index contributed by atoms with van der Waals surface area (Å²) in [5, 5.41) is 4.77. The van der Waals surface area contributed by atoms with Crippen molar-refractivity contribution in [1.29, 1.82) is 0 Å². The topological polar surface area (TPSA) is 64.6 Å². The molecule has 0 aromatic heterocycles. The normalized spacial score (nSPS) is 10.4. The van der Waals surface area contributed by atoms with Gasteiger partial charge in [0.05, 0.1) is 7.11 Å². The van der Waals surface area contributed by atoms with Crippen molar-refractivity contribution in [2.45, 2.75) is 12.8 Å². The molecule has 0 spiro atoms. The Morgan fingerprint density at radius 2 is 1.67 bits per heavy atom. The monoisotopic (exact) mass is 363 g/mol. The van der Waals surface area contributed by atoms with E-state index in [9.17, 15) is 9.59 Å². The molecule has 3 rings (SSSR count). The molecule has 0 fully saturated rings. The number of esters is 1. The van der Waals surface area contributed by atoms with Crippen LogP contribution in [0.4, 0.5) is 5.69 Å². The zero-order chi connectivity index (χ0) is 19.1. The van der Waals surface area contributed by atoms with Crippen molar-refractivity contribution in [2.24, 2.45) is 0 Å². The van der Waals surface area contributed by atoms with Gasteiger partial charge in [0, 0.05) is 17.5 Å². The Balaban J connectivity index is 1.47. The molecule has 5 heteroatoms. The molecule has 0 radical (unpaired) electrons. The van der Waals surface area contributed by atoms with E-state index in [2.05, 4.69) is 5.32 Å². The minimum absolute atomic E-state index is 0.216. The molecule has 0 aliphatic carbocycles. The summed E-state index contributed by atoms with van der Waals surface area (Å²) in [7, 11) is 1.61. The Morgan fingerprint density at radius 3 is 2.44 bits per heavy atom. The quantitative estimate of drug-likeness (QED) is 0.645. The number of methoxy groups -OCH3 is 1. The molecule has 3 aromatic carbocycles. The zero-order valence-electron chi connectivity index (χ0n) is 15.1. The number of carbonyl (C=O) groups is 2. The lowest BCUT2D eigenvalue weighted by atomic mass is 10.1. The van der Waals surface area contributed by atoms with E-state index in [0.29, 0.717) is 12.1 Å². The van der Waals surface area contributed by atoms with Crippen LogP contribution in [0, 0.1) is 0 Å². The van der Waals surface area contributed by atoms with Crippen LogP contribution in [0.3, 0.4) is 0 Å². The van der Waals surface area contributed by atoms with E-state index < -0.39 is 5.97 Å². The summed E-state index contributed by atoms with van der Waals surface area (Å²) >= 11 is 0. The third-order valence-corrected chi connectivity index (χ3v) is 4.20. The second-order valence-electron chi connectivity index (χ2n) is 6.08. The molecule has 0 unspecified atom stereocenters. The molecule has 0 aliphatic rings. The highest BCUT2D eigenvalue weighted by Gasteiger charge is 2.10. The van der Waals surface area contributed by atoms with E-state index in [4.69, 9.17) is 9.47 Å². The Bertz CT molecular complexity index is 929. The molecule has 5 nitrogen and oxygen atoms in total. The van der Waals surface area contributed by atoms with Crippen LogP contribution in [-0.2, 0) is 20.7 Å². The van der Waals surface area contributed by atoms with Crippen LogP contribution in [0.15, 0.2) is 66.7 Å². The summed E-state index contributed by atoms with van der Waals surface area (Å²) in [4.78, 5) is 24.0. The lowest BCUT2D eigenvalue weighted by Gasteiger charge is -2.09. The molecule has 0 atom stereocenters. The first-order chi connectivity index (χ1) is 13.2. The van der Waals surface area contributed by atoms with E-state index in [1.807, 2.05) is 66.7 Å². The van der Waals surface area contributed by atoms with Gasteiger partial charge in [0.1, 0.15) is 5.75 Å². The summed E-state index contributed by atoms with van der Waals surface area (Å²) in [5.74, 6) is 0.00877. The maximum Gasteiger partial charge on any atom is 0.306 e. The molecular weight excluding hydrogens is 342 g/mol. The highest BCUT2D eigenvalue weighted by Crippen LogP contribution is 2.22. The second-order valence-corrected chi connectivity index (χ2v) is 6.08. The van der Waals surface area contributed by atoms with Crippen LogP contribution in [0.5, 0.6) is 5.75 Å². The Hall–Kier alpha value is -3.34. The fraction of sp³-hybridized carbons (Fsp3) is 0.182. The van der Waals surface area contributed by atoms with Crippen molar-refractivity contribution in [3.05, 3.63) is 72.3 Å². The standard InChI is InChI=1S/C22H21NO4/c1-26-18-12-9-16(10-13-18)11-14-22(25)27-15-21(24)23-20-8-4-6-17-5-2-3-7-19(17)20/h2-10,12-13H,11,14-15H2,1H3,(H,23,24). The summed E-state index contributed by atoms with van der Waals surface area (Å²) in [6.45, 7) is -0.301. The average Bonchev–Trinajstić information content (AvgIpc) is 2.71. The van der Waals surface area contributed by atoms with Gasteiger partial charge in [-0.05, 0) is 35.6 Å². The van der Waals surface area contributed by atoms with E-state index >= 15 is 0 Å². The van der Waals surface area contributed by atoms with Crippen LogP contribution in [0.1, 0.15) is 12.0 Å². The van der Waals surface area contributed by atoms with Crippen LogP contribution in [0.25, 0.3) is 10.8 Å². The molecule has 0 aliphatic heterocycles. The van der Waals surface area contributed by atoms with Crippen molar-refractivity contribution in [1.82, 2.24) is 0 Å². The second kappa shape index (κ2) is 8.85. The molecule has 0 saturated heterocycles. The molecule has 0 heterocycles. The van der Waals surface area contributed by atoms with Gasteiger partial charge in [0.25, 0.3) is 5.91 Å². The summed E-state index contributed by atoms with van der Waals surface area (Å²) in [5.41, 5.74) is 1.71. The molecule has 0 saturated carbocycles. The third kappa shape index (κ3) is 5.07. The van der Waals surface area contributed by atoms with Gasteiger partial charge < -0.3 is 14.8 Å². The zero-order valence-corrected chi connectivity index (χ0v) is 15.1. The molecular formula is C22H21NO4. The molecule has 138 valence electrons. The van der Waals surface area contributed by atoms with Crippen LogP contribution >= 0.6 is 0 Å². The Morgan fingerprint density at radius 1 is 0.926 bits per heavy atom. The van der Waals surface area contributed by atoms with Crippen molar-refractivity contribution >= 4 is 28.3 Å². The lowest BCUT2D eigenvalue weighted by molar-refractivity contribution is -0.147. The molecule has 27 heavy (non-hydrogen) atoms. The van der Waals surface area contributed by atoms with E-state index in [-0.39, 0.29) is 18.9 Å². The number of rotatable bonds is 7. The van der Waals surface area contributed by atoms with Crippen LogP contribution in [-0.4, -0.2) is 25.6 Å². The molecule has 1 amide bonds. The van der Waals surface area contributed by atoms with Gasteiger partial charge in [-0.15, -0.1) is 0 Å². The maximum absolute atomic E-state index is 12.1. The van der Waals surface area contributed by atoms with Gasteiger partial charge in [-0.1, -0.05) is 48.5 Å². The number of amides is 1. The minimum Gasteiger partial charge on any atom is -0.497 e. The number of fused-ring (bicyclic) bond motifs is 1. The van der Waals surface area contributed by atoms with Gasteiger partial charge >= 0.3 is 5.97 Å². The maximum atomic E-state index is 12.1. The van der Waals surface area contributed by atoms with Crippen molar-refractivity contribution in [3.8, 4) is 5.75 Å². The van der Waals surface area contributed by atoms with E-state index in [1.54, 1.807) is 7.11 Å². The predicted molar refractivity (Wildman–Crippen MR) is 105 cm³/mol. The molecule has 1 N–H and O–H groups in total. The highest BCUT2D eigenvalue weighted by molar-refractivity contribution is 6.02. The van der Waals surface area contributed by atoms with Crippen molar-refractivity contribution < 1.29 is 19.1 Å². The average molecular weight is 363 g/mol. The molecule has 0 bridgehead atoms. The first kappa shape index (κ1) is 18.5. The summed E-state index contributed by atoms with van der Waals surface area (Å²) in [6, 6.07) is 20.9. The van der Waals surface area contributed by atoms with Gasteiger partial charge in [-0.25, -0.2) is 0 Å². The van der Waals surface area contributed by atoms with Crippen LogP contribution < -0.4 is 10.1 Å². The van der Waals surface area contributed by atoms with Crippen molar-refractivity contribution in [3.63, 3.8) is 0 Å². The number of hydrogen-bond donors (Lipinski definition) is 1. The van der Waals surface area contributed by atoms with Gasteiger partial charge in [-0.3, -0.25) is 9.59 Å². The first-order valence-electron chi connectivity index (χ1n) is 8.72. The lowest BCUT2D eigenvalue weighted by Crippen LogP contribution is -2.21. The largest absolute Gasteiger partial charge is 0.497 e. The number of benzene rings is 3. The number of ether oxygens (including phenoxy) is 2. The Labute approximate surface area is 157 Å². The number of anilines is 1. The van der Waals surface area contributed by atoms with E-state index in [0.717, 1.165) is 22.1 Å². The van der Waals surface area contributed by atoms with Gasteiger partial charge in [0.2, 0.25) is 0 Å². The van der Waals surface area contributed by atoms with Crippen LogP contribution in [0.2, 0.25) is 0 Å². The summed E-state index contributed by atoms with van der Waals surface area (Å²) in [6.07, 6.45) is 0.766. The Kier molecular flexibility index (Phi) is 6.05. The SMILES string of the molecule is COc1ccc(CCC(=O)OCC(=O)Nc2cccc3ccccc23)cc1. The fourth-order valence-corrected chi connectivity index (χ4v) is 2.78. The number of nitrogens with one attached hydrogen (secondary N) is 1. The third-order valence-electron chi connectivity index (χ3n) is 4.20. The fourth-order valence-electron chi connectivity index (χ4n) is 2.78. The van der Waals surface area contributed by atoms with Crippen molar-refractivity contribution in [2.75, 3.05) is 19.0 Å². The number of aryl methyl sites for hydroxylation is 1. The number of hydrogen-bond acceptors (Lipinski definition) is 4.